The number of nitrogens with zero attached hydrogens (tertiary/aromatic N) is 2. The SMILES string of the molecule is CCN1C(=O)[C@H](CC(=O)NCCC(C)C)Sc2ncccc21. The maximum atomic E-state index is 12.5. The van der Waals surface area contributed by atoms with Crippen molar-refractivity contribution >= 4 is 29.3 Å². The van der Waals surface area contributed by atoms with Crippen molar-refractivity contribution in [3.8, 4) is 0 Å². The van der Waals surface area contributed by atoms with Gasteiger partial charge in [0.15, 0.2) is 0 Å². The number of amides is 2. The highest BCUT2D eigenvalue weighted by Gasteiger charge is 2.34. The third-order valence-corrected chi connectivity index (χ3v) is 4.76. The van der Waals surface area contributed by atoms with E-state index in [4.69, 9.17) is 0 Å². The monoisotopic (exact) mass is 321 g/mol. The van der Waals surface area contributed by atoms with Crippen LogP contribution in [0.3, 0.4) is 0 Å². The number of aromatic nitrogens is 1. The topological polar surface area (TPSA) is 62.3 Å². The molecule has 22 heavy (non-hydrogen) atoms. The molecular weight excluding hydrogens is 298 g/mol. The Morgan fingerprint density at radius 1 is 1.50 bits per heavy atom. The van der Waals surface area contributed by atoms with Crippen LogP contribution < -0.4 is 10.2 Å². The quantitative estimate of drug-likeness (QED) is 0.874. The molecule has 0 radical (unpaired) electrons. The van der Waals surface area contributed by atoms with E-state index < -0.39 is 0 Å². The van der Waals surface area contributed by atoms with E-state index in [2.05, 4.69) is 24.1 Å². The molecule has 0 aliphatic carbocycles. The molecule has 5 nitrogen and oxygen atoms in total. The molecule has 0 saturated heterocycles. The smallest absolute Gasteiger partial charge is 0.241 e. The molecule has 0 fully saturated rings. The predicted octanol–water partition coefficient (Wildman–Crippen LogP) is 2.46. The van der Waals surface area contributed by atoms with Gasteiger partial charge in [-0.2, -0.15) is 0 Å². The second-order valence-electron chi connectivity index (χ2n) is 5.75. The van der Waals surface area contributed by atoms with Gasteiger partial charge < -0.3 is 10.2 Å². The van der Waals surface area contributed by atoms with Crippen molar-refractivity contribution in [3.63, 3.8) is 0 Å². The number of thioether (sulfide) groups is 1. The summed E-state index contributed by atoms with van der Waals surface area (Å²) < 4.78 is 0. The molecule has 1 aromatic heterocycles. The van der Waals surface area contributed by atoms with Gasteiger partial charge in [0, 0.05) is 25.7 Å². The van der Waals surface area contributed by atoms with Crippen molar-refractivity contribution in [3.05, 3.63) is 18.3 Å². The normalized spacial score (nSPS) is 17.5. The van der Waals surface area contributed by atoms with Crippen molar-refractivity contribution in [2.45, 2.75) is 43.9 Å². The summed E-state index contributed by atoms with van der Waals surface area (Å²) in [5.41, 5.74) is 0.844. The summed E-state index contributed by atoms with van der Waals surface area (Å²) in [6.07, 6.45) is 2.87. The number of carbonyl (C=O) groups is 2. The van der Waals surface area contributed by atoms with Gasteiger partial charge in [-0.3, -0.25) is 9.59 Å². The minimum Gasteiger partial charge on any atom is -0.356 e. The molecule has 0 saturated carbocycles. The van der Waals surface area contributed by atoms with E-state index in [-0.39, 0.29) is 23.5 Å². The molecule has 1 aliphatic heterocycles. The lowest BCUT2D eigenvalue weighted by molar-refractivity contribution is -0.124. The lowest BCUT2D eigenvalue weighted by Crippen LogP contribution is -2.43. The van der Waals surface area contributed by atoms with Gasteiger partial charge in [-0.05, 0) is 31.4 Å². The second-order valence-corrected chi connectivity index (χ2v) is 6.94. The summed E-state index contributed by atoms with van der Waals surface area (Å²) in [7, 11) is 0. The van der Waals surface area contributed by atoms with Gasteiger partial charge >= 0.3 is 0 Å². The Morgan fingerprint density at radius 3 is 2.95 bits per heavy atom. The third-order valence-electron chi connectivity index (χ3n) is 3.57. The molecule has 2 rings (SSSR count). The Hall–Kier alpha value is -1.56. The van der Waals surface area contributed by atoms with Gasteiger partial charge in [0.2, 0.25) is 11.8 Å². The second kappa shape index (κ2) is 7.63. The fourth-order valence-corrected chi connectivity index (χ4v) is 3.51. The van der Waals surface area contributed by atoms with Crippen LogP contribution in [0.25, 0.3) is 0 Å². The van der Waals surface area contributed by atoms with Gasteiger partial charge in [-0.1, -0.05) is 25.6 Å². The largest absolute Gasteiger partial charge is 0.356 e. The molecule has 0 spiro atoms. The van der Waals surface area contributed by atoms with E-state index in [1.54, 1.807) is 11.1 Å². The first-order valence-electron chi connectivity index (χ1n) is 7.72. The van der Waals surface area contributed by atoms with Crippen LogP contribution in [0.1, 0.15) is 33.6 Å². The minimum absolute atomic E-state index is 0.00740. The zero-order valence-corrected chi connectivity index (χ0v) is 14.2. The fourth-order valence-electron chi connectivity index (χ4n) is 2.35. The van der Waals surface area contributed by atoms with Gasteiger partial charge in [-0.25, -0.2) is 4.98 Å². The van der Waals surface area contributed by atoms with Gasteiger partial charge in [0.25, 0.3) is 0 Å². The van der Waals surface area contributed by atoms with Crippen LogP contribution in [-0.4, -0.2) is 35.1 Å². The van der Waals surface area contributed by atoms with Crippen LogP contribution in [0.5, 0.6) is 0 Å². The lowest BCUT2D eigenvalue weighted by atomic mass is 10.1. The zero-order chi connectivity index (χ0) is 16.1. The highest BCUT2D eigenvalue weighted by molar-refractivity contribution is 8.00. The molecule has 0 aromatic carbocycles. The van der Waals surface area contributed by atoms with Crippen LogP contribution in [-0.2, 0) is 9.59 Å². The predicted molar refractivity (Wildman–Crippen MR) is 89.0 cm³/mol. The summed E-state index contributed by atoms with van der Waals surface area (Å²) in [5, 5.41) is 3.33. The summed E-state index contributed by atoms with van der Waals surface area (Å²) in [4.78, 5) is 30.6. The number of nitrogens with one attached hydrogen (secondary N) is 1. The zero-order valence-electron chi connectivity index (χ0n) is 13.3. The fraction of sp³-hybridized carbons (Fsp3) is 0.562. The number of rotatable bonds is 6. The molecule has 2 heterocycles. The summed E-state index contributed by atoms with van der Waals surface area (Å²) in [5.74, 6) is 0.478. The number of anilines is 1. The Labute approximate surface area is 135 Å². The number of hydrogen-bond acceptors (Lipinski definition) is 4. The van der Waals surface area contributed by atoms with Gasteiger partial charge in [0.05, 0.1) is 10.9 Å². The highest BCUT2D eigenvalue weighted by Crippen LogP contribution is 2.38. The number of carbonyl (C=O) groups excluding carboxylic acids is 2. The van der Waals surface area contributed by atoms with E-state index in [0.29, 0.717) is 19.0 Å². The molecular formula is C16H23N3O2S. The number of hydrogen-bond donors (Lipinski definition) is 1. The maximum Gasteiger partial charge on any atom is 0.241 e. The van der Waals surface area contributed by atoms with Crippen molar-refractivity contribution < 1.29 is 9.59 Å². The van der Waals surface area contributed by atoms with Crippen molar-refractivity contribution in [1.29, 1.82) is 0 Å². The Morgan fingerprint density at radius 2 is 2.27 bits per heavy atom. The molecule has 120 valence electrons. The summed E-state index contributed by atoms with van der Waals surface area (Å²) in [6.45, 7) is 7.42. The van der Waals surface area contributed by atoms with Crippen LogP contribution in [0.15, 0.2) is 23.4 Å². The Balaban J connectivity index is 2.00. The van der Waals surface area contributed by atoms with E-state index >= 15 is 0 Å². The van der Waals surface area contributed by atoms with Crippen LogP contribution in [0.4, 0.5) is 5.69 Å². The van der Waals surface area contributed by atoms with Crippen molar-refractivity contribution in [2.75, 3.05) is 18.0 Å². The molecule has 6 heteroatoms. The molecule has 1 aromatic rings. The van der Waals surface area contributed by atoms with E-state index in [1.807, 2.05) is 19.1 Å². The van der Waals surface area contributed by atoms with E-state index in [1.165, 1.54) is 11.8 Å². The Bertz CT molecular complexity index is 548. The summed E-state index contributed by atoms with van der Waals surface area (Å²) >= 11 is 1.39. The van der Waals surface area contributed by atoms with E-state index in [9.17, 15) is 9.59 Å². The molecule has 1 aliphatic rings. The number of pyridine rings is 1. The maximum absolute atomic E-state index is 12.5. The summed E-state index contributed by atoms with van der Waals surface area (Å²) in [6, 6.07) is 3.73. The molecule has 0 bridgehead atoms. The van der Waals surface area contributed by atoms with Crippen LogP contribution in [0, 0.1) is 5.92 Å². The molecule has 2 amide bonds. The third kappa shape index (κ3) is 4.00. The van der Waals surface area contributed by atoms with Gasteiger partial charge in [0.1, 0.15) is 5.03 Å². The number of fused-ring (bicyclic) bond motifs is 1. The molecule has 0 unspecified atom stereocenters. The minimum atomic E-state index is -0.388. The van der Waals surface area contributed by atoms with Crippen molar-refractivity contribution in [1.82, 2.24) is 10.3 Å². The molecule has 1 atom stereocenters. The standard InChI is InChI=1S/C16H23N3O2S/c1-4-19-12-6-5-8-18-15(12)22-13(16(19)21)10-14(20)17-9-7-11(2)3/h5-6,8,11,13H,4,7,9-10H2,1-3H3,(H,17,20)/t13-/m0/s1. The first kappa shape index (κ1) is 16.8. The lowest BCUT2D eigenvalue weighted by Gasteiger charge is -2.31. The first-order chi connectivity index (χ1) is 10.5. The average molecular weight is 321 g/mol. The van der Waals surface area contributed by atoms with Gasteiger partial charge in [-0.15, -0.1) is 0 Å². The average Bonchev–Trinajstić information content (AvgIpc) is 2.48. The van der Waals surface area contributed by atoms with E-state index in [0.717, 1.165) is 17.1 Å². The first-order valence-corrected chi connectivity index (χ1v) is 8.60. The highest BCUT2D eigenvalue weighted by atomic mass is 32.2. The van der Waals surface area contributed by atoms with Crippen molar-refractivity contribution in [2.24, 2.45) is 5.92 Å². The van der Waals surface area contributed by atoms with Crippen LogP contribution >= 0.6 is 11.8 Å². The molecule has 1 N–H and O–H groups in total. The Kier molecular flexibility index (Phi) is 5.83. The van der Waals surface area contributed by atoms with Crippen LogP contribution in [0.2, 0.25) is 0 Å².